The molecule has 0 aliphatic carbocycles. The van der Waals surface area contributed by atoms with Gasteiger partial charge in [0.2, 0.25) is 0 Å². The van der Waals surface area contributed by atoms with Crippen LogP contribution in [0.4, 0.5) is 0 Å². The summed E-state index contributed by atoms with van der Waals surface area (Å²) in [5, 5.41) is 16.1. The minimum absolute atomic E-state index is 0.273. The van der Waals surface area contributed by atoms with Gasteiger partial charge >= 0.3 is 11.9 Å². The molecule has 0 atom stereocenters. The lowest BCUT2D eigenvalue weighted by molar-refractivity contribution is -0.132. The molecule has 0 aliphatic rings. The monoisotopic (exact) mass is 190 g/mol. The summed E-state index contributed by atoms with van der Waals surface area (Å²) in [6.07, 6.45) is 1.93. The highest BCUT2D eigenvalue weighted by atomic mass is 35.5. The molecule has 66 valence electrons. The average molecular weight is 191 g/mol. The number of hydrogen-bond acceptors (Lipinski definition) is 2. The highest BCUT2D eigenvalue weighted by Crippen LogP contribution is 2.06. The Hall–Kier alpha value is -1.29. The average Bonchev–Trinajstić information content (AvgIpc) is 1.84. The van der Waals surface area contributed by atoms with Crippen LogP contribution in [0.3, 0.4) is 0 Å². The van der Waals surface area contributed by atoms with Gasteiger partial charge in [0.05, 0.1) is 0 Å². The summed E-state index contributed by atoms with van der Waals surface area (Å²) in [6, 6.07) is 0. The zero-order chi connectivity index (χ0) is 9.72. The Morgan fingerprint density at radius 2 is 1.75 bits per heavy atom. The molecule has 4 nitrogen and oxygen atoms in total. The van der Waals surface area contributed by atoms with Crippen LogP contribution in [0.5, 0.6) is 0 Å². The van der Waals surface area contributed by atoms with Gasteiger partial charge in [-0.25, -0.2) is 9.59 Å². The lowest BCUT2D eigenvalue weighted by Gasteiger charge is -1.90. The highest BCUT2D eigenvalue weighted by Gasteiger charge is 2.02. The van der Waals surface area contributed by atoms with Crippen molar-refractivity contribution in [3.8, 4) is 0 Å². The number of carbonyl (C=O) groups is 2. The number of allylic oxidation sites excluding steroid dienone is 2. The van der Waals surface area contributed by atoms with E-state index in [2.05, 4.69) is 0 Å². The van der Waals surface area contributed by atoms with Gasteiger partial charge in [-0.3, -0.25) is 0 Å². The predicted octanol–water partition coefficient (Wildman–Crippen LogP) is 1.22. The van der Waals surface area contributed by atoms with E-state index < -0.39 is 17.0 Å². The minimum atomic E-state index is -1.28. The minimum Gasteiger partial charge on any atom is -0.478 e. The first kappa shape index (κ1) is 10.7. The van der Waals surface area contributed by atoms with Crippen molar-refractivity contribution in [2.75, 3.05) is 0 Å². The van der Waals surface area contributed by atoms with Crippen molar-refractivity contribution in [1.82, 2.24) is 0 Å². The van der Waals surface area contributed by atoms with Gasteiger partial charge in [0.1, 0.15) is 5.03 Å². The van der Waals surface area contributed by atoms with Crippen LogP contribution < -0.4 is 0 Å². The van der Waals surface area contributed by atoms with Crippen LogP contribution in [0.2, 0.25) is 0 Å². The summed E-state index contributed by atoms with van der Waals surface area (Å²) in [7, 11) is 0. The topological polar surface area (TPSA) is 74.6 Å². The number of halogens is 1. The van der Waals surface area contributed by atoms with E-state index in [1.165, 1.54) is 6.92 Å². The largest absolute Gasteiger partial charge is 0.478 e. The van der Waals surface area contributed by atoms with Crippen LogP contribution in [0, 0.1) is 0 Å². The Labute approximate surface area is 73.8 Å². The second-order valence-corrected chi connectivity index (χ2v) is 2.43. The van der Waals surface area contributed by atoms with Crippen LogP contribution >= 0.6 is 11.6 Å². The Kier molecular flexibility index (Phi) is 4.07. The second-order valence-electron chi connectivity index (χ2n) is 2.02. The molecule has 0 aliphatic heterocycles. The molecule has 0 amide bonds. The number of hydrogen-bond donors (Lipinski definition) is 2. The van der Waals surface area contributed by atoms with Crippen LogP contribution in [0.25, 0.3) is 0 Å². The summed E-state index contributed by atoms with van der Waals surface area (Å²) >= 11 is 5.22. The zero-order valence-corrected chi connectivity index (χ0v) is 7.00. The molecule has 0 aromatic carbocycles. The Bertz CT molecular complexity index is 265. The second kappa shape index (κ2) is 4.56. The first-order chi connectivity index (χ1) is 5.43. The third-order valence-corrected chi connectivity index (χ3v) is 1.18. The van der Waals surface area contributed by atoms with Crippen molar-refractivity contribution >= 4 is 23.5 Å². The van der Waals surface area contributed by atoms with E-state index >= 15 is 0 Å². The van der Waals surface area contributed by atoms with E-state index in [0.717, 1.165) is 12.2 Å². The van der Waals surface area contributed by atoms with Gasteiger partial charge < -0.3 is 10.2 Å². The molecule has 0 saturated carbocycles. The molecule has 2 N–H and O–H groups in total. The molecule has 0 fully saturated rings. The summed E-state index contributed by atoms with van der Waals surface area (Å²) < 4.78 is 0. The van der Waals surface area contributed by atoms with Crippen LogP contribution in [0.15, 0.2) is 22.8 Å². The standard InChI is InChI=1S/C7H7ClO4/c1-4(3-6(9)10)2-5(8)7(11)12/h2-3H,1H3,(H,9,10)(H,11,12)/b4-3-,5-2+. The summed E-state index contributed by atoms with van der Waals surface area (Å²) in [5.41, 5.74) is 0.273. The van der Waals surface area contributed by atoms with E-state index in [4.69, 9.17) is 21.8 Å². The van der Waals surface area contributed by atoms with Gasteiger partial charge in [0, 0.05) is 6.08 Å². The van der Waals surface area contributed by atoms with Crippen molar-refractivity contribution < 1.29 is 19.8 Å². The van der Waals surface area contributed by atoms with Gasteiger partial charge in [-0.05, 0) is 18.6 Å². The van der Waals surface area contributed by atoms with Crippen molar-refractivity contribution in [2.24, 2.45) is 0 Å². The Morgan fingerprint density at radius 3 is 2.08 bits per heavy atom. The van der Waals surface area contributed by atoms with Gasteiger partial charge in [0.25, 0.3) is 0 Å². The fourth-order valence-corrected chi connectivity index (χ4v) is 0.670. The zero-order valence-electron chi connectivity index (χ0n) is 6.24. The number of carboxylic acid groups (broad SMARTS) is 2. The van der Waals surface area contributed by atoms with E-state index in [9.17, 15) is 9.59 Å². The lowest BCUT2D eigenvalue weighted by Crippen LogP contribution is -1.94. The van der Waals surface area contributed by atoms with E-state index in [1.807, 2.05) is 0 Å². The Balaban J connectivity index is 4.54. The summed E-state index contributed by atoms with van der Waals surface area (Å²) in [4.78, 5) is 20.2. The smallest absolute Gasteiger partial charge is 0.347 e. The van der Waals surface area contributed by atoms with Crippen LogP contribution in [-0.4, -0.2) is 22.2 Å². The molecule has 0 rings (SSSR count). The molecule has 0 spiro atoms. The lowest BCUT2D eigenvalue weighted by atomic mass is 10.2. The van der Waals surface area contributed by atoms with Crippen molar-refractivity contribution in [3.05, 3.63) is 22.8 Å². The molecule has 0 radical (unpaired) electrons. The Morgan fingerprint density at radius 1 is 1.25 bits per heavy atom. The molecule has 0 unspecified atom stereocenters. The number of rotatable bonds is 3. The number of carboxylic acids is 2. The van der Waals surface area contributed by atoms with Crippen LogP contribution in [-0.2, 0) is 9.59 Å². The van der Waals surface area contributed by atoms with E-state index in [0.29, 0.717) is 0 Å². The molecule has 0 bridgehead atoms. The molecule has 5 heteroatoms. The molecule has 12 heavy (non-hydrogen) atoms. The fraction of sp³-hybridized carbons (Fsp3) is 0.143. The highest BCUT2D eigenvalue weighted by molar-refractivity contribution is 6.41. The fourth-order valence-electron chi connectivity index (χ4n) is 0.498. The van der Waals surface area contributed by atoms with Crippen molar-refractivity contribution in [3.63, 3.8) is 0 Å². The molecule has 0 aromatic heterocycles. The van der Waals surface area contributed by atoms with Crippen molar-refractivity contribution in [2.45, 2.75) is 6.92 Å². The molecular formula is C7H7ClO4. The summed E-state index contributed by atoms with van der Waals surface area (Å²) in [5.74, 6) is -2.42. The van der Waals surface area contributed by atoms with Gasteiger partial charge in [-0.1, -0.05) is 11.6 Å². The van der Waals surface area contributed by atoms with Gasteiger partial charge in [0.15, 0.2) is 0 Å². The normalized spacial score (nSPS) is 12.8. The first-order valence-electron chi connectivity index (χ1n) is 2.95. The maximum absolute atomic E-state index is 10.1. The van der Waals surface area contributed by atoms with E-state index in [1.54, 1.807) is 0 Å². The first-order valence-corrected chi connectivity index (χ1v) is 3.33. The molecule has 0 heterocycles. The summed E-state index contributed by atoms with van der Waals surface area (Å²) in [6.45, 7) is 1.44. The molecule has 0 saturated heterocycles. The predicted molar refractivity (Wildman–Crippen MR) is 43.0 cm³/mol. The van der Waals surface area contributed by atoms with Gasteiger partial charge in [-0.15, -0.1) is 0 Å². The quantitative estimate of drug-likeness (QED) is 0.519. The SMILES string of the molecule is CC(=C/C(=O)O)/C=C(/Cl)C(=O)O. The molecule has 0 aromatic rings. The third-order valence-electron chi connectivity index (χ3n) is 0.910. The number of aliphatic carboxylic acids is 2. The van der Waals surface area contributed by atoms with Gasteiger partial charge in [-0.2, -0.15) is 0 Å². The molecular weight excluding hydrogens is 184 g/mol. The third kappa shape index (κ3) is 4.51. The maximum Gasteiger partial charge on any atom is 0.347 e. The van der Waals surface area contributed by atoms with E-state index in [-0.39, 0.29) is 5.57 Å². The van der Waals surface area contributed by atoms with Crippen LogP contribution in [0.1, 0.15) is 6.92 Å². The van der Waals surface area contributed by atoms with Crippen molar-refractivity contribution in [1.29, 1.82) is 0 Å². The maximum atomic E-state index is 10.1.